The van der Waals surface area contributed by atoms with E-state index in [1.54, 1.807) is 0 Å². The van der Waals surface area contributed by atoms with E-state index in [2.05, 4.69) is 41.1 Å². The smallest absolute Gasteiger partial charge is 0.0349 e. The van der Waals surface area contributed by atoms with E-state index < -0.39 is 0 Å². The highest BCUT2D eigenvalue weighted by atomic mass is 79.9. The van der Waals surface area contributed by atoms with Crippen LogP contribution in [0.3, 0.4) is 0 Å². The molecular formula is C11H12BrNS. The van der Waals surface area contributed by atoms with Gasteiger partial charge in [-0.3, -0.25) is 0 Å². The fourth-order valence-electron chi connectivity index (χ4n) is 1.72. The molecule has 2 aromatic rings. The monoisotopic (exact) mass is 269 g/mol. The Bertz CT molecular complexity index is 462. The van der Waals surface area contributed by atoms with Gasteiger partial charge in [0.25, 0.3) is 0 Å². The molecule has 0 aliphatic rings. The Balaban J connectivity index is 2.74. The second-order valence-electron chi connectivity index (χ2n) is 3.20. The van der Waals surface area contributed by atoms with Crippen molar-refractivity contribution >= 4 is 37.4 Å². The SMILES string of the molecule is CCc1c(CN)sc2ccc(Br)cc12. The molecule has 1 aromatic carbocycles. The highest BCUT2D eigenvalue weighted by Crippen LogP contribution is 2.33. The molecule has 0 aliphatic heterocycles. The van der Waals surface area contributed by atoms with Gasteiger partial charge in [-0.2, -0.15) is 0 Å². The Morgan fingerprint density at radius 1 is 1.43 bits per heavy atom. The maximum Gasteiger partial charge on any atom is 0.0349 e. The molecule has 1 heterocycles. The lowest BCUT2D eigenvalue weighted by Crippen LogP contribution is -1.96. The van der Waals surface area contributed by atoms with Crippen LogP contribution in [0.25, 0.3) is 10.1 Å². The van der Waals surface area contributed by atoms with Crippen molar-refractivity contribution in [2.45, 2.75) is 19.9 Å². The molecule has 74 valence electrons. The number of benzene rings is 1. The Kier molecular flexibility index (Phi) is 2.91. The number of hydrogen-bond donors (Lipinski definition) is 1. The molecule has 14 heavy (non-hydrogen) atoms. The van der Waals surface area contributed by atoms with E-state index in [1.165, 1.54) is 20.5 Å². The summed E-state index contributed by atoms with van der Waals surface area (Å²) >= 11 is 5.31. The molecule has 2 rings (SSSR count). The van der Waals surface area contributed by atoms with Crippen LogP contribution in [0.15, 0.2) is 22.7 Å². The summed E-state index contributed by atoms with van der Waals surface area (Å²) in [6.45, 7) is 2.84. The molecular weight excluding hydrogens is 258 g/mol. The quantitative estimate of drug-likeness (QED) is 0.885. The Hall–Kier alpha value is -0.380. The van der Waals surface area contributed by atoms with E-state index >= 15 is 0 Å². The number of hydrogen-bond acceptors (Lipinski definition) is 2. The van der Waals surface area contributed by atoms with Crippen LogP contribution in [0.4, 0.5) is 0 Å². The lowest BCUT2D eigenvalue weighted by molar-refractivity contribution is 1.05. The number of halogens is 1. The van der Waals surface area contributed by atoms with Gasteiger partial charge in [0.15, 0.2) is 0 Å². The normalized spacial score (nSPS) is 11.1. The molecule has 0 bridgehead atoms. The third-order valence-corrected chi connectivity index (χ3v) is 4.10. The van der Waals surface area contributed by atoms with Gasteiger partial charge in [-0.25, -0.2) is 0 Å². The van der Waals surface area contributed by atoms with Gasteiger partial charge in [-0.05, 0) is 35.6 Å². The number of thiophene rings is 1. The van der Waals surface area contributed by atoms with E-state index in [1.807, 2.05) is 11.3 Å². The van der Waals surface area contributed by atoms with E-state index in [-0.39, 0.29) is 0 Å². The van der Waals surface area contributed by atoms with Crippen molar-refractivity contribution in [3.05, 3.63) is 33.1 Å². The van der Waals surface area contributed by atoms with E-state index in [0.717, 1.165) is 10.9 Å². The number of fused-ring (bicyclic) bond motifs is 1. The molecule has 2 N–H and O–H groups in total. The fraction of sp³-hybridized carbons (Fsp3) is 0.273. The summed E-state index contributed by atoms with van der Waals surface area (Å²) in [7, 11) is 0. The van der Waals surface area contributed by atoms with Crippen LogP contribution in [0.1, 0.15) is 17.4 Å². The van der Waals surface area contributed by atoms with Crippen LogP contribution < -0.4 is 5.73 Å². The van der Waals surface area contributed by atoms with Crippen LogP contribution in [-0.4, -0.2) is 0 Å². The van der Waals surface area contributed by atoms with Crippen molar-refractivity contribution in [2.75, 3.05) is 0 Å². The first kappa shape index (κ1) is 10.1. The molecule has 1 aromatic heterocycles. The van der Waals surface area contributed by atoms with Crippen molar-refractivity contribution < 1.29 is 0 Å². The molecule has 0 amide bonds. The maximum absolute atomic E-state index is 5.73. The van der Waals surface area contributed by atoms with Crippen molar-refractivity contribution in [3.8, 4) is 0 Å². The van der Waals surface area contributed by atoms with Crippen LogP contribution >= 0.6 is 27.3 Å². The number of nitrogens with two attached hydrogens (primary N) is 1. The summed E-state index contributed by atoms with van der Waals surface area (Å²) in [6.07, 6.45) is 1.06. The molecule has 0 aliphatic carbocycles. The molecule has 0 spiro atoms. The van der Waals surface area contributed by atoms with Gasteiger partial charge in [-0.1, -0.05) is 22.9 Å². The first-order chi connectivity index (χ1) is 6.76. The molecule has 3 heteroatoms. The number of rotatable bonds is 2. The van der Waals surface area contributed by atoms with E-state index in [9.17, 15) is 0 Å². The highest BCUT2D eigenvalue weighted by Gasteiger charge is 2.09. The molecule has 0 saturated carbocycles. The highest BCUT2D eigenvalue weighted by molar-refractivity contribution is 9.10. The summed E-state index contributed by atoms with van der Waals surface area (Å²) in [4.78, 5) is 1.32. The molecule has 0 unspecified atom stereocenters. The fourth-order valence-corrected chi connectivity index (χ4v) is 3.24. The van der Waals surface area contributed by atoms with Crippen molar-refractivity contribution in [1.82, 2.24) is 0 Å². The Morgan fingerprint density at radius 3 is 2.86 bits per heavy atom. The van der Waals surface area contributed by atoms with Gasteiger partial charge in [-0.15, -0.1) is 11.3 Å². The van der Waals surface area contributed by atoms with Crippen LogP contribution in [0, 0.1) is 0 Å². The minimum Gasteiger partial charge on any atom is -0.326 e. The lowest BCUT2D eigenvalue weighted by atomic mass is 10.1. The first-order valence-corrected chi connectivity index (χ1v) is 6.27. The third kappa shape index (κ3) is 1.60. The molecule has 0 fully saturated rings. The van der Waals surface area contributed by atoms with Gasteiger partial charge in [0.1, 0.15) is 0 Å². The molecule has 0 atom stereocenters. The Labute approximate surface area is 96.1 Å². The molecule has 0 radical (unpaired) electrons. The standard InChI is InChI=1S/C11H12BrNS/c1-2-8-9-5-7(12)3-4-10(9)14-11(8)6-13/h3-5H,2,6,13H2,1H3. The second-order valence-corrected chi connectivity index (χ2v) is 5.25. The molecule has 1 nitrogen and oxygen atoms in total. The maximum atomic E-state index is 5.73. The van der Waals surface area contributed by atoms with Crippen LogP contribution in [0.2, 0.25) is 0 Å². The van der Waals surface area contributed by atoms with Crippen LogP contribution in [0.5, 0.6) is 0 Å². The van der Waals surface area contributed by atoms with Gasteiger partial charge in [0, 0.05) is 20.6 Å². The minimum absolute atomic E-state index is 0.653. The van der Waals surface area contributed by atoms with E-state index in [0.29, 0.717) is 6.54 Å². The average molecular weight is 270 g/mol. The summed E-state index contributed by atoms with van der Waals surface area (Å²) in [5, 5.41) is 1.35. The first-order valence-electron chi connectivity index (χ1n) is 4.66. The van der Waals surface area contributed by atoms with E-state index in [4.69, 9.17) is 5.73 Å². The van der Waals surface area contributed by atoms with Crippen LogP contribution in [-0.2, 0) is 13.0 Å². The summed E-state index contributed by atoms with van der Waals surface area (Å²) in [5.41, 5.74) is 7.14. The number of aryl methyl sites for hydroxylation is 1. The largest absolute Gasteiger partial charge is 0.326 e. The minimum atomic E-state index is 0.653. The topological polar surface area (TPSA) is 26.0 Å². The summed E-state index contributed by atoms with van der Waals surface area (Å²) in [5.74, 6) is 0. The van der Waals surface area contributed by atoms with Crippen molar-refractivity contribution in [1.29, 1.82) is 0 Å². The van der Waals surface area contributed by atoms with Gasteiger partial charge < -0.3 is 5.73 Å². The Morgan fingerprint density at radius 2 is 2.21 bits per heavy atom. The zero-order chi connectivity index (χ0) is 10.1. The van der Waals surface area contributed by atoms with Gasteiger partial charge >= 0.3 is 0 Å². The zero-order valence-electron chi connectivity index (χ0n) is 8.01. The zero-order valence-corrected chi connectivity index (χ0v) is 10.4. The summed E-state index contributed by atoms with van der Waals surface area (Å²) in [6, 6.07) is 6.42. The average Bonchev–Trinajstić information content (AvgIpc) is 2.54. The van der Waals surface area contributed by atoms with Crippen molar-refractivity contribution in [3.63, 3.8) is 0 Å². The predicted molar refractivity (Wildman–Crippen MR) is 66.8 cm³/mol. The lowest BCUT2D eigenvalue weighted by Gasteiger charge is -1.97. The van der Waals surface area contributed by atoms with Gasteiger partial charge in [0.2, 0.25) is 0 Å². The molecule has 0 saturated heterocycles. The van der Waals surface area contributed by atoms with Crippen molar-refractivity contribution in [2.24, 2.45) is 5.73 Å². The van der Waals surface area contributed by atoms with Gasteiger partial charge in [0.05, 0.1) is 0 Å². The second kappa shape index (κ2) is 4.01. The predicted octanol–water partition coefficient (Wildman–Crippen LogP) is 3.68. The third-order valence-electron chi connectivity index (χ3n) is 2.38. The summed E-state index contributed by atoms with van der Waals surface area (Å²) < 4.78 is 2.48.